The average Bonchev–Trinajstić information content (AvgIpc) is 3.15. The van der Waals surface area contributed by atoms with Gasteiger partial charge in [0, 0.05) is 29.2 Å². The van der Waals surface area contributed by atoms with E-state index < -0.39 is 0 Å². The summed E-state index contributed by atoms with van der Waals surface area (Å²) in [6.07, 6.45) is 8.81. The predicted octanol–water partition coefficient (Wildman–Crippen LogP) is 9.99. The third-order valence-corrected chi connectivity index (χ3v) is 9.13. The maximum atomic E-state index is 12.8. The Morgan fingerprint density at radius 3 is 2.00 bits per heavy atom. The van der Waals surface area contributed by atoms with Gasteiger partial charge in [0.15, 0.2) is 0 Å². The summed E-state index contributed by atoms with van der Waals surface area (Å²) in [5.74, 6) is 0.163. The number of aromatic nitrogens is 2. The number of β-lactam (4-membered cyclic amide) rings is 1. The first kappa shape index (κ1) is 35.7. The van der Waals surface area contributed by atoms with Gasteiger partial charge < -0.3 is 10.2 Å². The van der Waals surface area contributed by atoms with Gasteiger partial charge in [-0.2, -0.15) is 0 Å². The van der Waals surface area contributed by atoms with E-state index in [0.717, 1.165) is 58.9 Å². The lowest BCUT2D eigenvalue weighted by Crippen LogP contribution is -2.61. The van der Waals surface area contributed by atoms with Gasteiger partial charge in [0.05, 0.1) is 34.2 Å². The zero-order valence-corrected chi connectivity index (χ0v) is 29.2. The standard InChI is InChI=1S/C22H22N2O.C15H16N2O.C7H8/c1-2-18-19(14-13-16-8-4-3-5-9-16)24(22(18)25)20-12-6-10-17-11-7-15-23-21(17)20;1-3-11(4-2)15(18)17-13-9-5-7-12-8-6-10-16-14(12)13;1-7-5-3-2-4-6-7/h3-12,15,18-19H,2,13-14H2,1H3;3,5-11H,1,4H2,2H3,(H,17,18);2-6H,1H3. The molecule has 0 bridgehead atoms. The molecule has 1 N–H and O–H groups in total. The smallest absolute Gasteiger partial charge is 0.232 e. The first-order valence-electron chi connectivity index (χ1n) is 17.4. The number of para-hydroxylation sites is 2. The Labute approximate surface area is 295 Å². The molecule has 1 aliphatic rings. The SMILES string of the molecule is C=CC(CC)C(=O)Nc1cccc2cccnc12.CCC1C(=O)N(c2cccc3cccnc23)C1CCc1ccccc1.Cc1ccccc1. The Morgan fingerprint density at radius 1 is 0.800 bits per heavy atom. The van der Waals surface area contributed by atoms with Gasteiger partial charge in [0.25, 0.3) is 0 Å². The second kappa shape index (κ2) is 17.7. The minimum atomic E-state index is -0.163. The van der Waals surface area contributed by atoms with Crippen LogP contribution < -0.4 is 10.2 Å². The Kier molecular flexibility index (Phi) is 12.6. The van der Waals surface area contributed by atoms with Crippen molar-refractivity contribution in [2.45, 2.75) is 52.5 Å². The van der Waals surface area contributed by atoms with E-state index in [-0.39, 0.29) is 29.7 Å². The van der Waals surface area contributed by atoms with Crippen LogP contribution in [-0.2, 0) is 16.0 Å². The van der Waals surface area contributed by atoms with Crippen molar-refractivity contribution in [1.29, 1.82) is 0 Å². The highest BCUT2D eigenvalue weighted by Gasteiger charge is 2.46. The molecular weight excluding hydrogens is 617 g/mol. The molecule has 2 aromatic heterocycles. The lowest BCUT2D eigenvalue weighted by atomic mass is 9.81. The van der Waals surface area contributed by atoms with Crippen molar-refractivity contribution in [3.8, 4) is 0 Å². The summed E-state index contributed by atoms with van der Waals surface area (Å²) in [5.41, 5.74) is 6.07. The van der Waals surface area contributed by atoms with Crippen LogP contribution in [0, 0.1) is 18.8 Å². The number of hydrogen-bond donors (Lipinski definition) is 1. The van der Waals surface area contributed by atoms with Gasteiger partial charge in [-0.1, -0.05) is 123 Å². The number of rotatable bonds is 9. The maximum absolute atomic E-state index is 12.8. The number of nitrogens with one attached hydrogen (secondary N) is 1. The van der Waals surface area contributed by atoms with Gasteiger partial charge >= 0.3 is 0 Å². The van der Waals surface area contributed by atoms with Gasteiger partial charge in [0.2, 0.25) is 11.8 Å². The molecule has 0 saturated carbocycles. The molecular formula is C44H46N4O2. The fraction of sp³-hybridized carbons (Fsp3) is 0.227. The number of aryl methyl sites for hydroxylation is 2. The Balaban J connectivity index is 0.000000169. The third-order valence-electron chi connectivity index (χ3n) is 9.13. The quantitative estimate of drug-likeness (QED) is 0.124. The summed E-state index contributed by atoms with van der Waals surface area (Å²) < 4.78 is 0. The summed E-state index contributed by atoms with van der Waals surface area (Å²) in [6.45, 7) is 9.84. The fourth-order valence-electron chi connectivity index (χ4n) is 6.34. The summed E-state index contributed by atoms with van der Waals surface area (Å²) in [6, 6.07) is 40.7. The van der Waals surface area contributed by atoms with E-state index in [2.05, 4.69) is 72.1 Å². The number of fused-ring (bicyclic) bond motifs is 2. The molecule has 2 amide bonds. The Morgan fingerprint density at radius 2 is 1.40 bits per heavy atom. The number of carbonyl (C=O) groups is 2. The van der Waals surface area contributed by atoms with E-state index in [0.29, 0.717) is 0 Å². The fourth-order valence-corrected chi connectivity index (χ4v) is 6.34. The highest BCUT2D eigenvalue weighted by molar-refractivity contribution is 6.08. The van der Waals surface area contributed by atoms with Crippen LogP contribution in [0.3, 0.4) is 0 Å². The van der Waals surface area contributed by atoms with Crippen LogP contribution in [0.5, 0.6) is 0 Å². The van der Waals surface area contributed by atoms with Crippen LogP contribution in [-0.4, -0.2) is 27.8 Å². The van der Waals surface area contributed by atoms with Gasteiger partial charge in [-0.15, -0.1) is 6.58 Å². The number of benzene rings is 4. The largest absolute Gasteiger partial charge is 0.324 e. The van der Waals surface area contributed by atoms with E-state index in [1.54, 1.807) is 18.5 Å². The molecule has 6 heteroatoms. The van der Waals surface area contributed by atoms with Crippen LogP contribution >= 0.6 is 0 Å². The maximum Gasteiger partial charge on any atom is 0.232 e. The molecule has 4 aromatic carbocycles. The van der Waals surface area contributed by atoms with Crippen molar-refractivity contribution in [1.82, 2.24) is 9.97 Å². The lowest BCUT2D eigenvalue weighted by molar-refractivity contribution is -0.130. The molecule has 3 unspecified atom stereocenters. The number of carbonyl (C=O) groups excluding carboxylic acids is 2. The highest BCUT2D eigenvalue weighted by Crippen LogP contribution is 2.39. The number of pyridine rings is 2. The first-order valence-corrected chi connectivity index (χ1v) is 17.4. The third kappa shape index (κ3) is 8.69. The number of amides is 2. The average molecular weight is 663 g/mol. The molecule has 50 heavy (non-hydrogen) atoms. The van der Waals surface area contributed by atoms with Gasteiger partial charge in [-0.25, -0.2) is 0 Å². The zero-order chi connectivity index (χ0) is 35.3. The van der Waals surface area contributed by atoms with E-state index in [1.165, 1.54) is 11.1 Å². The van der Waals surface area contributed by atoms with E-state index >= 15 is 0 Å². The molecule has 0 spiro atoms. The topological polar surface area (TPSA) is 75.2 Å². The normalized spacial score (nSPS) is 15.5. The second-order valence-corrected chi connectivity index (χ2v) is 12.4. The minimum Gasteiger partial charge on any atom is -0.324 e. The van der Waals surface area contributed by atoms with Crippen molar-refractivity contribution < 1.29 is 9.59 Å². The molecule has 6 aromatic rings. The Hall–Kier alpha value is -5.62. The van der Waals surface area contributed by atoms with Crippen LogP contribution in [0.2, 0.25) is 0 Å². The summed E-state index contributed by atoms with van der Waals surface area (Å²) >= 11 is 0. The molecule has 3 atom stereocenters. The summed E-state index contributed by atoms with van der Waals surface area (Å²) in [7, 11) is 0. The zero-order valence-electron chi connectivity index (χ0n) is 29.2. The van der Waals surface area contributed by atoms with Crippen LogP contribution in [0.15, 0.2) is 146 Å². The molecule has 1 fully saturated rings. The molecule has 1 aliphatic heterocycles. The molecule has 254 valence electrons. The molecule has 0 radical (unpaired) electrons. The highest BCUT2D eigenvalue weighted by atomic mass is 16.2. The molecule has 7 rings (SSSR count). The van der Waals surface area contributed by atoms with Crippen LogP contribution in [0.25, 0.3) is 21.8 Å². The number of anilines is 2. The first-order chi connectivity index (χ1) is 24.4. The number of hydrogen-bond acceptors (Lipinski definition) is 4. The molecule has 0 aliphatic carbocycles. The van der Waals surface area contributed by atoms with E-state index in [1.807, 2.05) is 96.8 Å². The predicted molar refractivity (Wildman–Crippen MR) is 207 cm³/mol. The van der Waals surface area contributed by atoms with Gasteiger partial charge in [-0.3, -0.25) is 19.6 Å². The van der Waals surface area contributed by atoms with Crippen molar-refractivity contribution in [3.63, 3.8) is 0 Å². The molecule has 6 nitrogen and oxygen atoms in total. The lowest BCUT2D eigenvalue weighted by Gasteiger charge is -2.47. The monoisotopic (exact) mass is 662 g/mol. The van der Waals surface area contributed by atoms with Crippen molar-refractivity contribution in [2.75, 3.05) is 10.2 Å². The van der Waals surface area contributed by atoms with Crippen LogP contribution in [0.1, 0.15) is 44.2 Å². The molecule has 3 heterocycles. The Bertz CT molecular complexity index is 2000. The summed E-state index contributed by atoms with van der Waals surface area (Å²) in [5, 5.41) is 5.01. The van der Waals surface area contributed by atoms with Crippen molar-refractivity contribution >= 4 is 45.0 Å². The van der Waals surface area contributed by atoms with E-state index in [4.69, 9.17) is 0 Å². The van der Waals surface area contributed by atoms with Gasteiger partial charge in [0.1, 0.15) is 0 Å². The van der Waals surface area contributed by atoms with Crippen molar-refractivity contribution in [2.24, 2.45) is 11.8 Å². The second-order valence-electron chi connectivity index (χ2n) is 12.4. The van der Waals surface area contributed by atoms with Gasteiger partial charge in [-0.05, 0) is 62.4 Å². The summed E-state index contributed by atoms with van der Waals surface area (Å²) in [4.78, 5) is 35.6. The van der Waals surface area contributed by atoms with E-state index in [9.17, 15) is 9.59 Å². The number of nitrogens with zero attached hydrogens (tertiary/aromatic N) is 3. The minimum absolute atomic E-state index is 0.0364. The molecule has 1 saturated heterocycles. The van der Waals surface area contributed by atoms with Crippen molar-refractivity contribution in [3.05, 3.63) is 158 Å². The van der Waals surface area contributed by atoms with Crippen LogP contribution in [0.4, 0.5) is 11.4 Å².